The summed E-state index contributed by atoms with van der Waals surface area (Å²) >= 11 is 0. The predicted octanol–water partition coefficient (Wildman–Crippen LogP) is 2.34. The summed E-state index contributed by atoms with van der Waals surface area (Å²) in [7, 11) is -3.84. The van der Waals surface area contributed by atoms with Crippen LogP contribution in [0.5, 0.6) is 0 Å². The fourth-order valence-corrected chi connectivity index (χ4v) is 4.10. The lowest BCUT2D eigenvalue weighted by Crippen LogP contribution is -2.22. The molecule has 0 bridgehead atoms. The van der Waals surface area contributed by atoms with Gasteiger partial charge in [-0.3, -0.25) is 4.79 Å². The zero-order chi connectivity index (χ0) is 18.3. The molecule has 1 aliphatic carbocycles. The number of dihydropyridines is 1. The first kappa shape index (κ1) is 17.1. The Balaban J connectivity index is 1.60. The highest BCUT2D eigenvalue weighted by molar-refractivity contribution is 7.89. The summed E-state index contributed by atoms with van der Waals surface area (Å²) in [6, 6.07) is 4.35. The molecule has 0 radical (unpaired) electrons. The Morgan fingerprint density at radius 3 is 2.65 bits per heavy atom. The van der Waals surface area contributed by atoms with Crippen molar-refractivity contribution in [2.24, 2.45) is 21.0 Å². The Hall–Kier alpha value is -2.32. The first-order valence-electron chi connectivity index (χ1n) is 8.65. The summed E-state index contributed by atoms with van der Waals surface area (Å²) in [5.74, 6) is 0.262. The topological polar surface area (TPSA) is 111 Å². The molecule has 1 saturated carbocycles. The van der Waals surface area contributed by atoms with E-state index in [2.05, 4.69) is 9.98 Å². The maximum absolute atomic E-state index is 12.3. The molecule has 2 heterocycles. The molecule has 3 aliphatic rings. The van der Waals surface area contributed by atoms with Gasteiger partial charge >= 0.3 is 0 Å². The smallest absolute Gasteiger partial charge is 0.299 e. The number of fused-ring (bicyclic) bond motifs is 3. The minimum absolute atomic E-state index is 0.0202. The van der Waals surface area contributed by atoms with Crippen LogP contribution in [0.1, 0.15) is 37.7 Å². The first-order valence-corrected chi connectivity index (χ1v) is 10.2. The number of amides is 1. The number of carbonyl (C=O) groups excluding carboxylic acids is 1. The van der Waals surface area contributed by atoms with Gasteiger partial charge in [0.15, 0.2) is 0 Å². The molecule has 1 aromatic rings. The van der Waals surface area contributed by atoms with Crippen molar-refractivity contribution < 1.29 is 17.9 Å². The summed E-state index contributed by atoms with van der Waals surface area (Å²) in [4.78, 5) is 20.5. The maximum atomic E-state index is 12.3. The first-order chi connectivity index (χ1) is 12.4. The second-order valence-corrected chi connectivity index (χ2v) is 8.37. The second kappa shape index (κ2) is 6.44. The van der Waals surface area contributed by atoms with Crippen molar-refractivity contribution >= 4 is 38.8 Å². The highest BCUT2D eigenvalue weighted by atomic mass is 32.2. The van der Waals surface area contributed by atoms with E-state index in [-0.39, 0.29) is 16.5 Å². The standard InChI is InChI=1S/C18H19N3O4S/c19-26(23,24)12-6-7-15-13(8-12)14-9-16(21-18(22)17(14)20-15)25-10-11-4-2-1-3-5-11/h6-9,11H,1-5,10H2,(H2,19,23,24). The molecule has 26 heavy (non-hydrogen) atoms. The summed E-state index contributed by atoms with van der Waals surface area (Å²) in [6.45, 7) is 0.534. The van der Waals surface area contributed by atoms with Gasteiger partial charge in [-0.25, -0.2) is 18.5 Å². The van der Waals surface area contributed by atoms with Crippen LogP contribution in [0.25, 0.3) is 5.57 Å². The number of primary sulfonamides is 1. The monoisotopic (exact) mass is 373 g/mol. The van der Waals surface area contributed by atoms with Crippen molar-refractivity contribution in [3.05, 3.63) is 29.8 Å². The summed E-state index contributed by atoms with van der Waals surface area (Å²) < 4.78 is 29.0. The Morgan fingerprint density at radius 1 is 1.15 bits per heavy atom. The van der Waals surface area contributed by atoms with E-state index in [9.17, 15) is 13.2 Å². The normalized spacial score (nSPS) is 20.0. The molecular weight excluding hydrogens is 354 g/mol. The van der Waals surface area contributed by atoms with Gasteiger partial charge in [-0.05, 0) is 37.0 Å². The van der Waals surface area contributed by atoms with E-state index >= 15 is 0 Å². The van der Waals surface area contributed by atoms with E-state index < -0.39 is 15.9 Å². The fourth-order valence-electron chi connectivity index (χ4n) is 3.56. The van der Waals surface area contributed by atoms with Crippen molar-refractivity contribution in [2.45, 2.75) is 37.0 Å². The number of hydrogen-bond acceptors (Lipinski definition) is 5. The molecule has 8 heteroatoms. The third kappa shape index (κ3) is 3.22. The lowest BCUT2D eigenvalue weighted by atomic mass is 9.90. The molecule has 4 rings (SSSR count). The molecule has 1 fully saturated rings. The van der Waals surface area contributed by atoms with E-state index in [1.54, 1.807) is 6.08 Å². The van der Waals surface area contributed by atoms with Crippen LogP contribution in [0.4, 0.5) is 5.69 Å². The highest BCUT2D eigenvalue weighted by Gasteiger charge is 2.31. The molecule has 1 amide bonds. The maximum Gasteiger partial charge on any atom is 0.299 e. The SMILES string of the molecule is NS(=O)(=O)c1ccc2c(c1)C1=CC(OCC3CCCCC3)=NC(=O)C1=N2. The van der Waals surface area contributed by atoms with E-state index in [0.29, 0.717) is 29.3 Å². The number of aliphatic imine (C=N–C) groups is 2. The van der Waals surface area contributed by atoms with Crippen molar-refractivity contribution in [2.75, 3.05) is 6.61 Å². The Morgan fingerprint density at radius 2 is 1.92 bits per heavy atom. The van der Waals surface area contributed by atoms with Crippen LogP contribution >= 0.6 is 0 Å². The molecule has 0 atom stereocenters. The third-order valence-electron chi connectivity index (χ3n) is 4.95. The number of ether oxygens (including phenoxy) is 1. The van der Waals surface area contributed by atoms with Gasteiger partial charge in [-0.15, -0.1) is 0 Å². The molecule has 0 aromatic heterocycles. The molecule has 0 unspecified atom stereocenters. The molecule has 0 saturated heterocycles. The second-order valence-electron chi connectivity index (χ2n) is 6.81. The average molecular weight is 373 g/mol. The number of sulfonamides is 1. The van der Waals surface area contributed by atoms with Gasteiger partial charge < -0.3 is 4.74 Å². The predicted molar refractivity (Wildman–Crippen MR) is 97.9 cm³/mol. The van der Waals surface area contributed by atoms with Crippen LogP contribution in [-0.2, 0) is 19.6 Å². The van der Waals surface area contributed by atoms with Crippen LogP contribution in [0, 0.1) is 5.92 Å². The number of carbonyl (C=O) groups is 1. The Bertz CT molecular complexity index is 970. The van der Waals surface area contributed by atoms with Crippen LogP contribution < -0.4 is 5.14 Å². The molecule has 0 spiro atoms. The van der Waals surface area contributed by atoms with Crippen LogP contribution in [0.15, 0.2) is 39.2 Å². The molecule has 136 valence electrons. The quantitative estimate of drug-likeness (QED) is 0.876. The molecule has 2 aliphatic heterocycles. The number of benzene rings is 1. The van der Waals surface area contributed by atoms with Crippen molar-refractivity contribution in [3.63, 3.8) is 0 Å². The van der Waals surface area contributed by atoms with E-state index in [1.165, 1.54) is 37.5 Å². The van der Waals surface area contributed by atoms with E-state index in [4.69, 9.17) is 9.88 Å². The average Bonchev–Trinajstić information content (AvgIpc) is 2.99. The largest absolute Gasteiger partial charge is 0.477 e. The number of nitrogens with zero attached hydrogens (tertiary/aromatic N) is 2. The molecule has 1 aromatic carbocycles. The van der Waals surface area contributed by atoms with Crippen molar-refractivity contribution in [1.82, 2.24) is 0 Å². The zero-order valence-corrected chi connectivity index (χ0v) is 15.0. The highest BCUT2D eigenvalue weighted by Crippen LogP contribution is 2.38. The van der Waals surface area contributed by atoms with Crippen molar-refractivity contribution in [3.8, 4) is 0 Å². The number of nitrogens with two attached hydrogens (primary N) is 1. The van der Waals surface area contributed by atoms with Crippen molar-refractivity contribution in [1.29, 1.82) is 0 Å². The minimum Gasteiger partial charge on any atom is -0.477 e. The van der Waals surface area contributed by atoms with Crippen LogP contribution in [0.3, 0.4) is 0 Å². The molecular formula is C18H19N3O4S. The molecule has 7 nitrogen and oxygen atoms in total. The van der Waals surface area contributed by atoms with Crippen LogP contribution in [0.2, 0.25) is 0 Å². The van der Waals surface area contributed by atoms with E-state index in [1.807, 2.05) is 0 Å². The fraction of sp³-hybridized carbons (Fsp3) is 0.389. The van der Waals surface area contributed by atoms with E-state index in [0.717, 1.165) is 12.8 Å². The van der Waals surface area contributed by atoms with Gasteiger partial charge in [0.05, 0.1) is 17.2 Å². The number of rotatable bonds is 3. The lowest BCUT2D eigenvalue weighted by Gasteiger charge is -2.22. The Kier molecular flexibility index (Phi) is 4.24. The van der Waals surface area contributed by atoms with Gasteiger partial charge in [0.25, 0.3) is 5.91 Å². The zero-order valence-electron chi connectivity index (χ0n) is 14.1. The Labute approximate surface area is 151 Å². The van der Waals surface area contributed by atoms with Gasteiger partial charge in [-0.1, -0.05) is 19.3 Å². The van der Waals surface area contributed by atoms with Gasteiger partial charge in [0.2, 0.25) is 15.9 Å². The summed E-state index contributed by atoms with van der Waals surface area (Å²) in [5, 5.41) is 5.20. The summed E-state index contributed by atoms with van der Waals surface area (Å²) in [6.07, 6.45) is 7.60. The van der Waals surface area contributed by atoms with Gasteiger partial charge in [0, 0.05) is 17.2 Å². The van der Waals surface area contributed by atoms with Crippen LogP contribution in [-0.4, -0.2) is 32.5 Å². The number of hydrogen-bond donors (Lipinski definition) is 1. The lowest BCUT2D eigenvalue weighted by molar-refractivity contribution is -0.111. The molecule has 2 N–H and O–H groups in total. The minimum atomic E-state index is -3.84. The van der Waals surface area contributed by atoms with Gasteiger partial charge in [-0.2, -0.15) is 4.99 Å². The summed E-state index contributed by atoms with van der Waals surface area (Å²) in [5.41, 5.74) is 1.81. The third-order valence-corrected chi connectivity index (χ3v) is 5.86. The van der Waals surface area contributed by atoms with Gasteiger partial charge in [0.1, 0.15) is 5.71 Å².